The number of hydrogen-bond donors (Lipinski definition) is 3. The summed E-state index contributed by atoms with van der Waals surface area (Å²) >= 11 is 6.08. The quantitative estimate of drug-likeness (QED) is 0.520. The lowest BCUT2D eigenvalue weighted by molar-refractivity contribution is -0.120. The van der Waals surface area contributed by atoms with Gasteiger partial charge in [0.25, 0.3) is 0 Å². The third-order valence-corrected chi connectivity index (χ3v) is 4.62. The summed E-state index contributed by atoms with van der Waals surface area (Å²) in [7, 11) is 1.69. The molecule has 1 atom stereocenters. The van der Waals surface area contributed by atoms with E-state index in [1.165, 1.54) is 0 Å². The maximum Gasteiger partial charge on any atom is 0.239 e. The summed E-state index contributed by atoms with van der Waals surface area (Å²) in [5.41, 5.74) is 1.12. The van der Waals surface area contributed by atoms with Crippen LogP contribution in [0.15, 0.2) is 52.1 Å². The molecule has 0 bridgehead atoms. The van der Waals surface area contributed by atoms with Crippen molar-refractivity contribution in [3.63, 3.8) is 0 Å². The molecule has 1 aromatic heterocycles. The van der Waals surface area contributed by atoms with Gasteiger partial charge >= 0.3 is 0 Å². The van der Waals surface area contributed by atoms with Gasteiger partial charge in [0.15, 0.2) is 5.96 Å². The molecular formula is C19H24ClN5O2. The van der Waals surface area contributed by atoms with Crippen molar-refractivity contribution < 1.29 is 9.21 Å². The predicted molar refractivity (Wildman–Crippen MR) is 107 cm³/mol. The zero-order chi connectivity index (χ0) is 19.1. The van der Waals surface area contributed by atoms with Gasteiger partial charge in [-0.05, 0) is 36.8 Å². The molecule has 2 aromatic rings. The normalized spacial score (nSPS) is 17.0. The topological polar surface area (TPSA) is 81.9 Å². The highest BCUT2D eigenvalue weighted by Crippen LogP contribution is 2.23. The van der Waals surface area contributed by atoms with Gasteiger partial charge in [-0.25, -0.2) is 0 Å². The molecule has 0 aliphatic carbocycles. The van der Waals surface area contributed by atoms with Crippen molar-refractivity contribution in [1.29, 1.82) is 0 Å². The molecule has 1 aliphatic rings. The zero-order valence-electron chi connectivity index (χ0n) is 15.2. The Labute approximate surface area is 163 Å². The Bertz CT molecular complexity index is 778. The van der Waals surface area contributed by atoms with Crippen LogP contribution in [0, 0.1) is 0 Å². The number of amides is 1. The van der Waals surface area contributed by atoms with Crippen LogP contribution in [0.25, 0.3) is 0 Å². The Hall–Kier alpha value is -2.67. The van der Waals surface area contributed by atoms with Crippen LogP contribution in [0.2, 0.25) is 5.02 Å². The predicted octanol–water partition coefficient (Wildman–Crippen LogP) is 1.99. The van der Waals surface area contributed by atoms with E-state index in [1.807, 2.05) is 24.3 Å². The number of guanidine groups is 1. The standard InChI is InChI=1S/C19H24ClN5O2/c1-21-19(23-12-18(26)22-11-17-6-3-9-27-17)24-15-7-8-25(13-15)16-5-2-4-14(20)10-16/h2-6,9-10,15H,7-8,11-13H2,1H3,(H,22,26)(H2,21,23,24). The molecule has 0 radical (unpaired) electrons. The minimum atomic E-state index is -0.124. The van der Waals surface area contributed by atoms with Crippen LogP contribution in [0.3, 0.4) is 0 Å². The van der Waals surface area contributed by atoms with E-state index < -0.39 is 0 Å². The Morgan fingerprint density at radius 1 is 1.33 bits per heavy atom. The number of furan rings is 1. The number of aliphatic imine (C=N–C) groups is 1. The van der Waals surface area contributed by atoms with Crippen molar-refractivity contribution in [2.24, 2.45) is 4.99 Å². The second kappa shape index (κ2) is 9.32. The highest BCUT2D eigenvalue weighted by atomic mass is 35.5. The van der Waals surface area contributed by atoms with E-state index in [1.54, 1.807) is 19.4 Å². The van der Waals surface area contributed by atoms with Crippen LogP contribution < -0.4 is 20.9 Å². The first-order valence-electron chi connectivity index (χ1n) is 8.91. The summed E-state index contributed by atoms with van der Waals surface area (Å²) < 4.78 is 5.19. The molecule has 8 heteroatoms. The van der Waals surface area contributed by atoms with Crippen molar-refractivity contribution in [2.75, 3.05) is 31.6 Å². The molecule has 1 unspecified atom stereocenters. The van der Waals surface area contributed by atoms with E-state index in [0.717, 1.165) is 36.0 Å². The number of nitrogens with one attached hydrogen (secondary N) is 3. The van der Waals surface area contributed by atoms with E-state index in [9.17, 15) is 4.79 Å². The van der Waals surface area contributed by atoms with Gasteiger partial charge in [0.1, 0.15) is 5.76 Å². The maximum absolute atomic E-state index is 11.9. The number of carbonyl (C=O) groups excluding carboxylic acids is 1. The van der Waals surface area contributed by atoms with Crippen LogP contribution in [-0.4, -0.2) is 44.6 Å². The molecule has 3 N–H and O–H groups in total. The van der Waals surface area contributed by atoms with Gasteiger partial charge in [-0.15, -0.1) is 0 Å². The molecule has 1 saturated heterocycles. The van der Waals surface area contributed by atoms with E-state index >= 15 is 0 Å². The monoisotopic (exact) mass is 389 g/mol. The first-order chi connectivity index (χ1) is 13.1. The lowest BCUT2D eigenvalue weighted by Crippen LogP contribution is -2.47. The second-order valence-corrected chi connectivity index (χ2v) is 6.77. The van der Waals surface area contributed by atoms with Gasteiger partial charge in [-0.3, -0.25) is 9.79 Å². The SMILES string of the molecule is CN=C(NCC(=O)NCc1ccco1)NC1CCN(c2cccc(Cl)c2)C1. The number of hydrogen-bond acceptors (Lipinski definition) is 4. The second-order valence-electron chi connectivity index (χ2n) is 6.34. The molecule has 3 rings (SSSR count). The van der Waals surface area contributed by atoms with Crippen molar-refractivity contribution in [1.82, 2.24) is 16.0 Å². The third-order valence-electron chi connectivity index (χ3n) is 4.38. The van der Waals surface area contributed by atoms with Crippen molar-refractivity contribution >= 4 is 29.2 Å². The first kappa shape index (κ1) is 19.1. The molecule has 0 saturated carbocycles. The van der Waals surface area contributed by atoms with Gasteiger partial charge < -0.3 is 25.3 Å². The fraction of sp³-hybridized carbons (Fsp3) is 0.368. The minimum Gasteiger partial charge on any atom is -0.467 e. The Morgan fingerprint density at radius 2 is 2.22 bits per heavy atom. The number of rotatable bonds is 6. The average molecular weight is 390 g/mol. The molecule has 7 nitrogen and oxygen atoms in total. The summed E-state index contributed by atoms with van der Waals surface area (Å²) in [5.74, 6) is 1.21. The van der Waals surface area contributed by atoms with E-state index in [2.05, 4.69) is 31.9 Å². The highest BCUT2D eigenvalue weighted by Gasteiger charge is 2.23. The van der Waals surface area contributed by atoms with Crippen molar-refractivity contribution in [3.05, 3.63) is 53.4 Å². The molecule has 1 aliphatic heterocycles. The zero-order valence-corrected chi connectivity index (χ0v) is 16.0. The Kier molecular flexibility index (Phi) is 6.59. The van der Waals surface area contributed by atoms with Gasteiger partial charge in [0.05, 0.1) is 19.4 Å². The van der Waals surface area contributed by atoms with Crippen LogP contribution >= 0.6 is 11.6 Å². The van der Waals surface area contributed by atoms with Crippen LogP contribution in [0.1, 0.15) is 12.2 Å². The molecule has 1 amide bonds. The number of benzene rings is 1. The summed E-state index contributed by atoms with van der Waals surface area (Å²) in [6.45, 7) is 2.31. The summed E-state index contributed by atoms with van der Waals surface area (Å²) in [6.07, 6.45) is 2.57. The molecule has 0 spiro atoms. The smallest absolute Gasteiger partial charge is 0.239 e. The maximum atomic E-state index is 11.9. The number of carbonyl (C=O) groups is 1. The highest BCUT2D eigenvalue weighted by molar-refractivity contribution is 6.30. The summed E-state index contributed by atoms with van der Waals surface area (Å²) in [4.78, 5) is 18.4. The van der Waals surface area contributed by atoms with Crippen molar-refractivity contribution in [2.45, 2.75) is 19.0 Å². The van der Waals surface area contributed by atoms with Crippen LogP contribution in [0.4, 0.5) is 5.69 Å². The van der Waals surface area contributed by atoms with Gasteiger partial charge in [-0.1, -0.05) is 17.7 Å². The molecular weight excluding hydrogens is 366 g/mol. The molecule has 144 valence electrons. The average Bonchev–Trinajstić information content (AvgIpc) is 3.35. The Balaban J connectivity index is 1.42. The minimum absolute atomic E-state index is 0.124. The molecule has 1 fully saturated rings. The lowest BCUT2D eigenvalue weighted by atomic mass is 10.3. The number of halogens is 1. The van der Waals surface area contributed by atoms with E-state index in [0.29, 0.717) is 12.5 Å². The van der Waals surface area contributed by atoms with Gasteiger partial charge in [0, 0.05) is 36.9 Å². The van der Waals surface area contributed by atoms with Gasteiger partial charge in [0.2, 0.25) is 5.91 Å². The number of anilines is 1. The van der Waals surface area contributed by atoms with E-state index in [-0.39, 0.29) is 18.5 Å². The Morgan fingerprint density at radius 3 is 2.96 bits per heavy atom. The molecule has 2 heterocycles. The first-order valence-corrected chi connectivity index (χ1v) is 9.28. The fourth-order valence-electron chi connectivity index (χ4n) is 3.00. The van der Waals surface area contributed by atoms with Gasteiger partial charge in [-0.2, -0.15) is 0 Å². The summed E-state index contributed by atoms with van der Waals surface area (Å²) in [6, 6.07) is 11.7. The van der Waals surface area contributed by atoms with Crippen LogP contribution in [-0.2, 0) is 11.3 Å². The lowest BCUT2D eigenvalue weighted by Gasteiger charge is -2.20. The third kappa shape index (κ3) is 5.65. The molecule has 1 aromatic carbocycles. The summed E-state index contributed by atoms with van der Waals surface area (Å²) in [5, 5.41) is 9.95. The fourth-order valence-corrected chi connectivity index (χ4v) is 3.18. The van der Waals surface area contributed by atoms with E-state index in [4.69, 9.17) is 16.0 Å². The number of nitrogens with zero attached hydrogens (tertiary/aromatic N) is 2. The van der Waals surface area contributed by atoms with Crippen molar-refractivity contribution in [3.8, 4) is 0 Å². The largest absolute Gasteiger partial charge is 0.467 e. The van der Waals surface area contributed by atoms with Crippen LogP contribution in [0.5, 0.6) is 0 Å². The molecule has 27 heavy (non-hydrogen) atoms.